The summed E-state index contributed by atoms with van der Waals surface area (Å²) in [6.45, 7) is 6.27. The number of amides is 1. The Morgan fingerprint density at radius 2 is 2.10 bits per heavy atom. The molecule has 1 atom stereocenters. The van der Waals surface area contributed by atoms with Crippen LogP contribution in [0.25, 0.3) is 0 Å². The predicted octanol–water partition coefficient (Wildman–Crippen LogP) is 3.99. The Labute approximate surface area is 176 Å². The fourth-order valence-corrected chi connectivity index (χ4v) is 5.64. The highest BCUT2D eigenvalue weighted by Crippen LogP contribution is 2.37. The molecule has 1 N–H and O–H groups in total. The minimum atomic E-state index is -0.00464. The third-order valence-electron chi connectivity index (χ3n) is 6.04. The fraction of sp³-hybridized carbons (Fsp3) is 0.478. The molecule has 0 spiro atoms. The highest BCUT2D eigenvalue weighted by molar-refractivity contribution is 7.16. The summed E-state index contributed by atoms with van der Waals surface area (Å²) in [5.74, 6) is -0.00464. The summed E-state index contributed by atoms with van der Waals surface area (Å²) in [4.78, 5) is 18.5. The standard InChI is InChI=1S/C23H28N4OS/c1-17-7-5-6-11-27(17)16-22(28)25-23-20(13-24)19-10-12-26(15-21(19)29-23)14-18-8-3-2-4-9-18/h2-4,8-9,17H,5-7,10-12,14-16H2,1H3,(H,25,28)/t17-/m0/s1. The molecule has 2 aliphatic rings. The quantitative estimate of drug-likeness (QED) is 0.813. The van der Waals surface area contributed by atoms with Gasteiger partial charge < -0.3 is 5.32 Å². The molecule has 0 unspecified atom stereocenters. The molecule has 0 radical (unpaired) electrons. The molecule has 2 aromatic rings. The van der Waals surface area contributed by atoms with Crippen LogP contribution in [0.2, 0.25) is 0 Å². The topological polar surface area (TPSA) is 59.4 Å². The third-order valence-corrected chi connectivity index (χ3v) is 7.17. The minimum Gasteiger partial charge on any atom is -0.315 e. The van der Waals surface area contributed by atoms with Crippen LogP contribution in [0.1, 0.15) is 47.8 Å². The van der Waals surface area contributed by atoms with Crippen molar-refractivity contribution < 1.29 is 4.79 Å². The number of fused-ring (bicyclic) bond motifs is 1. The van der Waals surface area contributed by atoms with Gasteiger partial charge in [-0.05, 0) is 43.9 Å². The van der Waals surface area contributed by atoms with E-state index in [4.69, 9.17) is 0 Å². The number of hydrogen-bond acceptors (Lipinski definition) is 5. The van der Waals surface area contributed by atoms with Gasteiger partial charge in [0.05, 0.1) is 12.1 Å². The molecule has 152 valence electrons. The molecular formula is C23H28N4OS. The molecule has 1 aromatic heterocycles. The zero-order valence-corrected chi connectivity index (χ0v) is 17.8. The van der Waals surface area contributed by atoms with Gasteiger partial charge in [-0.15, -0.1) is 11.3 Å². The smallest absolute Gasteiger partial charge is 0.239 e. The highest BCUT2D eigenvalue weighted by atomic mass is 32.1. The number of nitrogens with zero attached hydrogens (tertiary/aromatic N) is 3. The number of likely N-dealkylation sites (tertiary alicyclic amines) is 1. The molecule has 29 heavy (non-hydrogen) atoms. The van der Waals surface area contributed by atoms with Gasteiger partial charge in [0, 0.05) is 30.6 Å². The van der Waals surface area contributed by atoms with Gasteiger partial charge in [-0.1, -0.05) is 36.8 Å². The van der Waals surface area contributed by atoms with Gasteiger partial charge in [0.25, 0.3) is 0 Å². The number of nitrogens with one attached hydrogen (secondary N) is 1. The summed E-state index contributed by atoms with van der Waals surface area (Å²) in [7, 11) is 0. The maximum absolute atomic E-state index is 12.6. The van der Waals surface area contributed by atoms with E-state index in [1.165, 1.54) is 16.9 Å². The van der Waals surface area contributed by atoms with E-state index in [1.807, 2.05) is 6.07 Å². The number of carbonyl (C=O) groups excluding carboxylic acids is 1. The normalized spacial score (nSPS) is 20.1. The Bertz CT molecular complexity index is 902. The van der Waals surface area contributed by atoms with Crippen molar-refractivity contribution in [2.24, 2.45) is 0 Å². The van der Waals surface area contributed by atoms with Crippen LogP contribution in [0.4, 0.5) is 5.00 Å². The maximum atomic E-state index is 12.6. The van der Waals surface area contributed by atoms with Crippen molar-refractivity contribution in [2.75, 3.05) is 25.0 Å². The lowest BCUT2D eigenvalue weighted by molar-refractivity contribution is -0.118. The zero-order valence-electron chi connectivity index (χ0n) is 17.0. The van der Waals surface area contributed by atoms with E-state index in [1.54, 1.807) is 11.3 Å². The predicted molar refractivity (Wildman–Crippen MR) is 117 cm³/mol. The Balaban J connectivity index is 1.43. The molecule has 0 aliphatic carbocycles. The molecule has 4 rings (SSSR count). The van der Waals surface area contributed by atoms with E-state index in [0.717, 1.165) is 56.0 Å². The molecule has 3 heterocycles. The van der Waals surface area contributed by atoms with Crippen molar-refractivity contribution in [3.8, 4) is 6.07 Å². The molecule has 1 amide bonds. The van der Waals surface area contributed by atoms with Crippen molar-refractivity contribution >= 4 is 22.2 Å². The number of hydrogen-bond donors (Lipinski definition) is 1. The zero-order chi connectivity index (χ0) is 20.2. The van der Waals surface area contributed by atoms with E-state index in [9.17, 15) is 10.1 Å². The molecule has 6 heteroatoms. The second kappa shape index (κ2) is 9.08. The van der Waals surface area contributed by atoms with Gasteiger partial charge in [0.2, 0.25) is 5.91 Å². The van der Waals surface area contributed by atoms with Gasteiger partial charge in [-0.2, -0.15) is 5.26 Å². The van der Waals surface area contributed by atoms with Crippen molar-refractivity contribution in [1.82, 2.24) is 9.80 Å². The largest absolute Gasteiger partial charge is 0.315 e. The summed E-state index contributed by atoms with van der Waals surface area (Å²) in [5, 5.41) is 13.5. The SMILES string of the molecule is C[C@H]1CCCCN1CC(=O)Nc1sc2c(c1C#N)CCN(Cc1ccccc1)C2. The van der Waals surface area contributed by atoms with Gasteiger partial charge >= 0.3 is 0 Å². The fourth-order valence-electron chi connectivity index (χ4n) is 4.38. The first-order chi connectivity index (χ1) is 14.1. The van der Waals surface area contributed by atoms with E-state index in [0.29, 0.717) is 18.2 Å². The van der Waals surface area contributed by atoms with Crippen molar-refractivity contribution in [2.45, 2.75) is 51.7 Å². The lowest BCUT2D eigenvalue weighted by atomic mass is 10.0. The number of carbonyl (C=O) groups is 1. The molecule has 1 fully saturated rings. The number of nitriles is 1. The van der Waals surface area contributed by atoms with Crippen molar-refractivity contribution in [1.29, 1.82) is 5.26 Å². The minimum absolute atomic E-state index is 0.00464. The van der Waals surface area contributed by atoms with E-state index >= 15 is 0 Å². The number of benzene rings is 1. The number of anilines is 1. The lowest BCUT2D eigenvalue weighted by Gasteiger charge is -2.32. The molecule has 2 aliphatic heterocycles. The second-order valence-corrected chi connectivity index (χ2v) is 9.23. The Kier molecular flexibility index (Phi) is 6.29. The number of piperidine rings is 1. The van der Waals surface area contributed by atoms with Gasteiger partial charge in [-0.25, -0.2) is 0 Å². The molecule has 0 saturated carbocycles. The first-order valence-electron chi connectivity index (χ1n) is 10.5. The number of rotatable bonds is 5. The summed E-state index contributed by atoms with van der Waals surface area (Å²) >= 11 is 1.58. The average molecular weight is 409 g/mol. The molecule has 5 nitrogen and oxygen atoms in total. The molecule has 1 saturated heterocycles. The maximum Gasteiger partial charge on any atom is 0.239 e. The van der Waals surface area contributed by atoms with E-state index in [2.05, 4.69) is 52.4 Å². The summed E-state index contributed by atoms with van der Waals surface area (Å²) in [6, 6.07) is 13.3. The molecule has 0 bridgehead atoms. The Hall–Kier alpha value is -2.20. The Morgan fingerprint density at radius 3 is 2.86 bits per heavy atom. The third kappa shape index (κ3) is 4.69. The first-order valence-corrected chi connectivity index (χ1v) is 11.3. The second-order valence-electron chi connectivity index (χ2n) is 8.13. The van der Waals surface area contributed by atoms with Gasteiger partial charge in [-0.3, -0.25) is 14.6 Å². The Morgan fingerprint density at radius 1 is 1.28 bits per heavy atom. The van der Waals surface area contributed by atoms with Gasteiger partial charge in [0.15, 0.2) is 0 Å². The monoisotopic (exact) mass is 408 g/mol. The summed E-state index contributed by atoms with van der Waals surface area (Å²) in [5.41, 5.74) is 3.10. The van der Waals surface area contributed by atoms with Crippen LogP contribution in [0, 0.1) is 11.3 Å². The van der Waals surface area contributed by atoms with Crippen LogP contribution < -0.4 is 5.32 Å². The molecule has 1 aromatic carbocycles. The highest BCUT2D eigenvalue weighted by Gasteiger charge is 2.26. The summed E-state index contributed by atoms with van der Waals surface area (Å²) < 4.78 is 0. The van der Waals surface area contributed by atoms with Crippen LogP contribution >= 0.6 is 11.3 Å². The van der Waals surface area contributed by atoms with Crippen LogP contribution in [0.3, 0.4) is 0 Å². The first kappa shape index (κ1) is 20.1. The van der Waals surface area contributed by atoms with Crippen LogP contribution in [0.15, 0.2) is 30.3 Å². The van der Waals surface area contributed by atoms with Gasteiger partial charge in [0.1, 0.15) is 11.1 Å². The van der Waals surface area contributed by atoms with Crippen LogP contribution in [-0.4, -0.2) is 41.4 Å². The number of thiophene rings is 1. The van der Waals surface area contributed by atoms with Crippen LogP contribution in [0.5, 0.6) is 0 Å². The van der Waals surface area contributed by atoms with E-state index in [-0.39, 0.29) is 5.91 Å². The van der Waals surface area contributed by atoms with E-state index < -0.39 is 0 Å². The lowest BCUT2D eigenvalue weighted by Crippen LogP contribution is -2.42. The molecular weight excluding hydrogens is 380 g/mol. The van der Waals surface area contributed by atoms with Crippen molar-refractivity contribution in [3.05, 3.63) is 51.9 Å². The van der Waals surface area contributed by atoms with Crippen molar-refractivity contribution in [3.63, 3.8) is 0 Å². The van der Waals surface area contributed by atoms with Crippen LogP contribution in [-0.2, 0) is 24.3 Å². The average Bonchev–Trinajstić information content (AvgIpc) is 3.06. The summed E-state index contributed by atoms with van der Waals surface area (Å²) in [6.07, 6.45) is 4.42.